The molecule has 2 heterocycles. The first kappa shape index (κ1) is 12.7. The Labute approximate surface area is 127 Å². The largest absolute Gasteiger partial charge is 0.282 e. The van der Waals surface area contributed by atoms with Crippen LogP contribution in [-0.4, -0.2) is 20.4 Å². The van der Waals surface area contributed by atoms with Crippen molar-refractivity contribution >= 4 is 27.8 Å². The Kier molecular flexibility index (Phi) is 2.76. The normalized spacial score (nSPS) is 11.1. The summed E-state index contributed by atoms with van der Waals surface area (Å²) in [4.78, 5) is 21.8. The fourth-order valence-corrected chi connectivity index (χ4v) is 2.70. The molecular weight excluding hydrogens is 274 g/mol. The smallest absolute Gasteiger partial charge is 0.266 e. The Balaban J connectivity index is 1.90. The van der Waals surface area contributed by atoms with Gasteiger partial charge in [0, 0.05) is 5.39 Å². The summed E-state index contributed by atoms with van der Waals surface area (Å²) >= 11 is 0. The zero-order chi connectivity index (χ0) is 15.1. The van der Waals surface area contributed by atoms with E-state index in [9.17, 15) is 4.79 Å². The summed E-state index contributed by atoms with van der Waals surface area (Å²) in [5, 5.41) is 1.02. The van der Waals surface area contributed by atoms with Gasteiger partial charge in [0.2, 0.25) is 0 Å². The molecule has 0 aliphatic heterocycles. The van der Waals surface area contributed by atoms with Gasteiger partial charge in [-0.05, 0) is 31.2 Å². The van der Waals surface area contributed by atoms with E-state index in [-0.39, 0.29) is 5.91 Å². The van der Waals surface area contributed by atoms with E-state index in [1.807, 2.05) is 61.5 Å². The molecule has 4 heteroatoms. The number of benzene rings is 2. The van der Waals surface area contributed by atoms with Gasteiger partial charge in [0.25, 0.3) is 5.91 Å². The van der Waals surface area contributed by atoms with E-state index in [1.165, 1.54) is 0 Å². The lowest BCUT2D eigenvalue weighted by molar-refractivity contribution is 0.0958. The highest BCUT2D eigenvalue weighted by Crippen LogP contribution is 2.18. The number of pyridine rings is 1. The van der Waals surface area contributed by atoms with Crippen LogP contribution in [-0.2, 0) is 0 Å². The van der Waals surface area contributed by atoms with E-state index < -0.39 is 0 Å². The molecule has 4 aromatic rings. The fourth-order valence-electron chi connectivity index (χ4n) is 2.70. The molecule has 22 heavy (non-hydrogen) atoms. The number of imidazole rings is 1. The van der Waals surface area contributed by atoms with Crippen LogP contribution in [0.1, 0.15) is 16.3 Å². The van der Waals surface area contributed by atoms with Gasteiger partial charge >= 0.3 is 0 Å². The number of para-hydroxylation sites is 3. The van der Waals surface area contributed by atoms with Gasteiger partial charge in [0.05, 0.1) is 16.6 Å². The molecule has 106 valence electrons. The highest BCUT2D eigenvalue weighted by molar-refractivity contribution is 6.01. The van der Waals surface area contributed by atoms with E-state index in [4.69, 9.17) is 0 Å². The average molecular weight is 287 g/mol. The highest BCUT2D eigenvalue weighted by Gasteiger charge is 2.17. The molecule has 0 unspecified atom stereocenters. The van der Waals surface area contributed by atoms with Gasteiger partial charge in [0.1, 0.15) is 11.5 Å². The van der Waals surface area contributed by atoms with Gasteiger partial charge < -0.3 is 0 Å². The van der Waals surface area contributed by atoms with Crippen molar-refractivity contribution in [2.75, 3.05) is 0 Å². The number of hydrogen-bond donors (Lipinski definition) is 0. The van der Waals surface area contributed by atoms with Crippen LogP contribution in [0, 0.1) is 6.92 Å². The second-order valence-electron chi connectivity index (χ2n) is 5.18. The van der Waals surface area contributed by atoms with Crippen molar-refractivity contribution in [1.82, 2.24) is 14.5 Å². The topological polar surface area (TPSA) is 47.8 Å². The summed E-state index contributed by atoms with van der Waals surface area (Å²) in [6.45, 7) is 1.83. The van der Waals surface area contributed by atoms with Gasteiger partial charge in [-0.25, -0.2) is 9.97 Å². The van der Waals surface area contributed by atoms with Crippen LogP contribution in [0.4, 0.5) is 0 Å². The number of carbonyl (C=O) groups is 1. The van der Waals surface area contributed by atoms with Crippen LogP contribution in [0.25, 0.3) is 21.9 Å². The first-order valence-electron chi connectivity index (χ1n) is 7.08. The molecule has 0 fully saturated rings. The van der Waals surface area contributed by atoms with E-state index in [0.29, 0.717) is 11.5 Å². The maximum atomic E-state index is 12.8. The molecule has 2 aromatic heterocycles. The van der Waals surface area contributed by atoms with Crippen molar-refractivity contribution in [3.05, 3.63) is 72.2 Å². The highest BCUT2D eigenvalue weighted by atomic mass is 16.2. The summed E-state index contributed by atoms with van der Waals surface area (Å²) in [6, 6.07) is 19.1. The quantitative estimate of drug-likeness (QED) is 0.537. The SMILES string of the molecule is Cc1nc2ccccc2n1C(=O)c1ccc2ccccc2n1. The summed E-state index contributed by atoms with van der Waals surface area (Å²) < 4.78 is 1.62. The summed E-state index contributed by atoms with van der Waals surface area (Å²) in [6.07, 6.45) is 0. The standard InChI is InChI=1S/C18H13N3O/c1-12-19-15-8-4-5-9-17(15)21(12)18(22)16-11-10-13-6-2-3-7-14(13)20-16/h2-11H,1H3. The Morgan fingerprint density at radius 3 is 2.45 bits per heavy atom. The molecule has 0 bridgehead atoms. The van der Waals surface area contributed by atoms with E-state index >= 15 is 0 Å². The Hall–Kier alpha value is -3.01. The third-order valence-corrected chi connectivity index (χ3v) is 3.75. The lowest BCUT2D eigenvalue weighted by atomic mass is 10.2. The molecule has 0 radical (unpaired) electrons. The van der Waals surface area contributed by atoms with Gasteiger partial charge in [-0.1, -0.05) is 36.4 Å². The molecular formula is C18H13N3O. The minimum atomic E-state index is -0.156. The molecule has 0 atom stereocenters. The van der Waals surface area contributed by atoms with Gasteiger partial charge in [0.15, 0.2) is 0 Å². The van der Waals surface area contributed by atoms with Crippen molar-refractivity contribution in [3.8, 4) is 0 Å². The van der Waals surface area contributed by atoms with E-state index in [0.717, 1.165) is 21.9 Å². The first-order chi connectivity index (χ1) is 10.7. The molecule has 0 spiro atoms. The lowest BCUT2D eigenvalue weighted by Gasteiger charge is -2.06. The Morgan fingerprint density at radius 1 is 0.864 bits per heavy atom. The molecule has 0 saturated heterocycles. The van der Waals surface area contributed by atoms with Crippen LogP contribution < -0.4 is 0 Å². The summed E-state index contributed by atoms with van der Waals surface area (Å²) in [5.41, 5.74) is 2.86. The Bertz CT molecular complexity index is 1020. The fraction of sp³-hybridized carbons (Fsp3) is 0.0556. The van der Waals surface area contributed by atoms with Crippen LogP contribution >= 0.6 is 0 Å². The summed E-state index contributed by atoms with van der Waals surface area (Å²) in [5.74, 6) is 0.512. The van der Waals surface area contributed by atoms with Crippen LogP contribution in [0.3, 0.4) is 0 Å². The van der Waals surface area contributed by atoms with Crippen molar-refractivity contribution in [3.63, 3.8) is 0 Å². The number of carbonyl (C=O) groups excluding carboxylic acids is 1. The molecule has 0 aliphatic carbocycles. The van der Waals surface area contributed by atoms with Crippen molar-refractivity contribution < 1.29 is 4.79 Å². The number of hydrogen-bond acceptors (Lipinski definition) is 3. The third kappa shape index (κ3) is 1.89. The minimum Gasteiger partial charge on any atom is -0.266 e. The molecule has 2 aromatic carbocycles. The van der Waals surface area contributed by atoms with Gasteiger partial charge in [-0.2, -0.15) is 0 Å². The Morgan fingerprint density at radius 2 is 1.59 bits per heavy atom. The first-order valence-corrected chi connectivity index (χ1v) is 7.08. The lowest BCUT2D eigenvalue weighted by Crippen LogP contribution is -2.15. The number of aryl methyl sites for hydroxylation is 1. The molecule has 4 rings (SSSR count). The zero-order valence-electron chi connectivity index (χ0n) is 12.0. The third-order valence-electron chi connectivity index (χ3n) is 3.75. The van der Waals surface area contributed by atoms with Gasteiger partial charge in [-0.15, -0.1) is 0 Å². The van der Waals surface area contributed by atoms with E-state index in [2.05, 4.69) is 9.97 Å². The van der Waals surface area contributed by atoms with Crippen molar-refractivity contribution in [2.24, 2.45) is 0 Å². The summed E-state index contributed by atoms with van der Waals surface area (Å²) in [7, 11) is 0. The molecule has 0 N–H and O–H groups in total. The number of aromatic nitrogens is 3. The maximum Gasteiger partial charge on any atom is 0.282 e. The van der Waals surface area contributed by atoms with Gasteiger partial charge in [-0.3, -0.25) is 9.36 Å². The maximum absolute atomic E-state index is 12.8. The second kappa shape index (κ2) is 4.77. The zero-order valence-corrected chi connectivity index (χ0v) is 12.0. The average Bonchev–Trinajstić information content (AvgIpc) is 2.89. The molecule has 0 aliphatic rings. The molecule has 0 amide bonds. The predicted octanol–water partition coefficient (Wildman–Crippen LogP) is 3.58. The number of nitrogens with zero attached hydrogens (tertiary/aromatic N) is 3. The van der Waals surface area contributed by atoms with Crippen molar-refractivity contribution in [1.29, 1.82) is 0 Å². The van der Waals surface area contributed by atoms with E-state index in [1.54, 1.807) is 10.6 Å². The molecule has 4 nitrogen and oxygen atoms in total. The second-order valence-corrected chi connectivity index (χ2v) is 5.18. The number of fused-ring (bicyclic) bond motifs is 2. The minimum absolute atomic E-state index is 0.156. The number of rotatable bonds is 1. The molecule has 0 saturated carbocycles. The van der Waals surface area contributed by atoms with Crippen molar-refractivity contribution in [2.45, 2.75) is 6.92 Å². The monoisotopic (exact) mass is 287 g/mol. The van der Waals surface area contributed by atoms with Crippen LogP contribution in [0.2, 0.25) is 0 Å². The predicted molar refractivity (Wildman–Crippen MR) is 85.9 cm³/mol. The van der Waals surface area contributed by atoms with Crippen LogP contribution in [0.5, 0.6) is 0 Å². The van der Waals surface area contributed by atoms with Crippen LogP contribution in [0.15, 0.2) is 60.7 Å².